The molecule has 4 nitrogen and oxygen atoms in total. The van der Waals surface area contributed by atoms with Crippen molar-refractivity contribution in [2.75, 3.05) is 0 Å². The number of hydrogen-bond donors (Lipinski definition) is 1. The second-order valence-corrected chi connectivity index (χ2v) is 3.63. The van der Waals surface area contributed by atoms with E-state index in [4.69, 9.17) is 5.26 Å². The summed E-state index contributed by atoms with van der Waals surface area (Å²) in [6, 6.07) is 0. The van der Waals surface area contributed by atoms with Gasteiger partial charge in [0, 0.05) is 0 Å². The molecular formula is C10H20O4. The van der Waals surface area contributed by atoms with Crippen LogP contribution in [0.2, 0.25) is 0 Å². The highest BCUT2D eigenvalue weighted by molar-refractivity contribution is 5.58. The summed E-state index contributed by atoms with van der Waals surface area (Å²) in [6.07, 6.45) is 7.68. The van der Waals surface area contributed by atoms with E-state index >= 15 is 0 Å². The van der Waals surface area contributed by atoms with E-state index in [2.05, 4.69) is 9.62 Å². The molecule has 1 aliphatic rings. The summed E-state index contributed by atoms with van der Waals surface area (Å²) in [5.41, 5.74) is 0. The zero-order valence-corrected chi connectivity index (χ0v) is 8.99. The normalized spacial score (nSPS) is 15.4. The molecule has 0 heterocycles. The lowest BCUT2D eigenvalue weighted by Crippen LogP contribution is -2.10. The zero-order valence-electron chi connectivity index (χ0n) is 8.99. The Balaban J connectivity index is 0.000000249. The summed E-state index contributed by atoms with van der Waals surface area (Å²) in [6.45, 7) is 3.30. The largest absolute Gasteiger partial charge is 0.540 e. The molecule has 1 aliphatic carbocycles. The molecule has 0 saturated heterocycles. The van der Waals surface area contributed by atoms with E-state index < -0.39 is 6.16 Å². The van der Waals surface area contributed by atoms with Crippen LogP contribution >= 0.6 is 0 Å². The highest BCUT2D eigenvalue weighted by atomic mass is 17.1. The van der Waals surface area contributed by atoms with Crippen LogP contribution in [0.3, 0.4) is 0 Å². The zero-order chi connectivity index (χ0) is 10.8. The Morgan fingerprint density at radius 3 is 1.57 bits per heavy atom. The Morgan fingerprint density at radius 2 is 1.43 bits per heavy atom. The van der Waals surface area contributed by atoms with Crippen molar-refractivity contribution in [3.8, 4) is 0 Å². The van der Waals surface area contributed by atoms with Crippen LogP contribution in [0.25, 0.3) is 0 Å². The Morgan fingerprint density at radius 1 is 1.07 bits per heavy atom. The highest BCUT2D eigenvalue weighted by Gasteiger charge is 2.03. The average Bonchev–Trinajstić information content (AvgIpc) is 2.20. The SMILES string of the molecule is C1CCCCC1.CC(C)OC(=O)OO. The van der Waals surface area contributed by atoms with Gasteiger partial charge >= 0.3 is 6.16 Å². The third-order valence-corrected chi connectivity index (χ3v) is 1.91. The fraction of sp³-hybridized carbons (Fsp3) is 0.900. The molecule has 0 bridgehead atoms. The van der Waals surface area contributed by atoms with Gasteiger partial charge < -0.3 is 4.74 Å². The van der Waals surface area contributed by atoms with Crippen LogP contribution in [0.5, 0.6) is 0 Å². The van der Waals surface area contributed by atoms with Gasteiger partial charge in [-0.1, -0.05) is 38.5 Å². The van der Waals surface area contributed by atoms with Gasteiger partial charge in [-0.3, -0.25) is 4.89 Å². The van der Waals surface area contributed by atoms with Gasteiger partial charge in [0.2, 0.25) is 0 Å². The first-order chi connectivity index (χ1) is 6.66. The van der Waals surface area contributed by atoms with Gasteiger partial charge in [0.05, 0.1) is 6.10 Å². The maximum absolute atomic E-state index is 9.93. The quantitative estimate of drug-likeness (QED) is 0.404. The smallest absolute Gasteiger partial charge is 0.430 e. The molecule has 0 radical (unpaired) electrons. The molecule has 84 valence electrons. The van der Waals surface area contributed by atoms with E-state index in [1.165, 1.54) is 38.5 Å². The topological polar surface area (TPSA) is 55.8 Å². The first-order valence-electron chi connectivity index (χ1n) is 5.19. The van der Waals surface area contributed by atoms with Gasteiger partial charge in [0.15, 0.2) is 0 Å². The third kappa shape index (κ3) is 9.32. The van der Waals surface area contributed by atoms with Crippen molar-refractivity contribution in [3.63, 3.8) is 0 Å². The molecule has 0 spiro atoms. The molecule has 4 heteroatoms. The van der Waals surface area contributed by atoms with Crippen LogP contribution < -0.4 is 0 Å². The van der Waals surface area contributed by atoms with Crippen molar-refractivity contribution in [3.05, 3.63) is 0 Å². The predicted octanol–water partition coefficient (Wildman–Crippen LogP) is 3.36. The van der Waals surface area contributed by atoms with Crippen molar-refractivity contribution in [2.24, 2.45) is 0 Å². The minimum Gasteiger partial charge on any atom is -0.430 e. The lowest BCUT2D eigenvalue weighted by molar-refractivity contribution is -0.203. The number of carbonyl (C=O) groups excluding carboxylic acids is 1. The fourth-order valence-corrected chi connectivity index (χ4v) is 1.27. The molecule has 1 N–H and O–H groups in total. The van der Waals surface area contributed by atoms with Gasteiger partial charge in [0.1, 0.15) is 0 Å². The number of carbonyl (C=O) groups is 1. The Hall–Kier alpha value is -0.770. The van der Waals surface area contributed by atoms with Crippen molar-refractivity contribution < 1.29 is 19.7 Å². The Bertz CT molecular complexity index is 130. The summed E-state index contributed by atoms with van der Waals surface area (Å²) in [5, 5.41) is 7.61. The van der Waals surface area contributed by atoms with Crippen LogP contribution in [-0.2, 0) is 9.62 Å². The molecule has 0 unspecified atom stereocenters. The summed E-state index contributed by atoms with van der Waals surface area (Å²) < 4.78 is 4.29. The molecule has 1 saturated carbocycles. The summed E-state index contributed by atoms with van der Waals surface area (Å²) in [5.74, 6) is 0. The first kappa shape index (κ1) is 13.2. The average molecular weight is 204 g/mol. The second kappa shape index (κ2) is 8.81. The van der Waals surface area contributed by atoms with E-state index in [1.54, 1.807) is 13.8 Å². The summed E-state index contributed by atoms with van der Waals surface area (Å²) in [7, 11) is 0. The molecule has 1 fully saturated rings. The summed E-state index contributed by atoms with van der Waals surface area (Å²) in [4.78, 5) is 13.1. The van der Waals surface area contributed by atoms with Crippen LogP contribution in [0, 0.1) is 0 Å². The molecule has 0 atom stereocenters. The number of hydrogen-bond acceptors (Lipinski definition) is 4. The highest BCUT2D eigenvalue weighted by Crippen LogP contribution is 2.15. The minimum atomic E-state index is -1.07. The Kier molecular flexibility index (Phi) is 8.33. The predicted molar refractivity (Wildman–Crippen MR) is 53.0 cm³/mol. The maximum atomic E-state index is 9.93. The van der Waals surface area contributed by atoms with Crippen molar-refractivity contribution >= 4 is 6.16 Å². The standard InChI is InChI=1S/C6H12.C4H8O4/c1-2-4-6-5-3-1;1-3(2)7-4(5)8-6/h1-6H2;3,6H,1-2H3. The van der Waals surface area contributed by atoms with Gasteiger partial charge in [-0.25, -0.2) is 4.79 Å². The van der Waals surface area contributed by atoms with Crippen LogP contribution in [0.4, 0.5) is 4.79 Å². The van der Waals surface area contributed by atoms with Crippen molar-refractivity contribution in [1.82, 2.24) is 0 Å². The van der Waals surface area contributed by atoms with E-state index in [0.717, 1.165) is 0 Å². The van der Waals surface area contributed by atoms with E-state index in [0.29, 0.717) is 0 Å². The van der Waals surface area contributed by atoms with Crippen molar-refractivity contribution in [2.45, 2.75) is 58.5 Å². The first-order valence-corrected chi connectivity index (χ1v) is 5.19. The Labute approximate surface area is 85.1 Å². The summed E-state index contributed by atoms with van der Waals surface area (Å²) >= 11 is 0. The lowest BCUT2D eigenvalue weighted by atomic mass is 10.0. The molecule has 0 amide bonds. The molecule has 0 aliphatic heterocycles. The van der Waals surface area contributed by atoms with Crippen molar-refractivity contribution in [1.29, 1.82) is 0 Å². The molecule has 0 aromatic heterocycles. The van der Waals surface area contributed by atoms with Gasteiger partial charge in [-0.15, -0.1) is 0 Å². The second-order valence-electron chi connectivity index (χ2n) is 3.63. The molecule has 0 aromatic rings. The van der Waals surface area contributed by atoms with Gasteiger partial charge in [-0.2, -0.15) is 5.26 Å². The molecular weight excluding hydrogens is 184 g/mol. The maximum Gasteiger partial charge on any atom is 0.540 e. The van der Waals surface area contributed by atoms with Gasteiger partial charge in [0.25, 0.3) is 0 Å². The van der Waals surface area contributed by atoms with Crippen LogP contribution in [-0.4, -0.2) is 17.5 Å². The lowest BCUT2D eigenvalue weighted by Gasteiger charge is -2.05. The van der Waals surface area contributed by atoms with Gasteiger partial charge in [-0.05, 0) is 13.8 Å². The molecule has 0 aromatic carbocycles. The number of ether oxygens (including phenoxy) is 1. The van der Waals surface area contributed by atoms with Crippen LogP contribution in [0.15, 0.2) is 0 Å². The third-order valence-electron chi connectivity index (χ3n) is 1.91. The fourth-order valence-electron chi connectivity index (χ4n) is 1.27. The van der Waals surface area contributed by atoms with E-state index in [9.17, 15) is 4.79 Å². The minimum absolute atomic E-state index is 0.255. The van der Waals surface area contributed by atoms with Crippen LogP contribution in [0.1, 0.15) is 52.4 Å². The molecule has 1 rings (SSSR count). The monoisotopic (exact) mass is 204 g/mol. The van der Waals surface area contributed by atoms with E-state index in [1.807, 2.05) is 0 Å². The number of rotatable bonds is 1. The van der Waals surface area contributed by atoms with E-state index in [-0.39, 0.29) is 6.10 Å². The molecule has 14 heavy (non-hydrogen) atoms.